The van der Waals surface area contributed by atoms with Crippen molar-refractivity contribution in [3.8, 4) is 0 Å². The molecule has 144 valence electrons. The second-order valence-corrected chi connectivity index (χ2v) is 7.38. The van der Waals surface area contributed by atoms with E-state index in [-0.39, 0.29) is 24.0 Å². The summed E-state index contributed by atoms with van der Waals surface area (Å²) in [5.41, 5.74) is 0. The van der Waals surface area contributed by atoms with Crippen molar-refractivity contribution < 1.29 is 4.79 Å². The highest BCUT2D eigenvalue weighted by molar-refractivity contribution is 14.0. The molecule has 2 saturated heterocycles. The summed E-state index contributed by atoms with van der Waals surface area (Å²) < 4.78 is 0. The summed E-state index contributed by atoms with van der Waals surface area (Å²) in [6.07, 6.45) is 8.75. The van der Waals surface area contributed by atoms with Crippen molar-refractivity contribution in [3.05, 3.63) is 0 Å². The van der Waals surface area contributed by atoms with Crippen molar-refractivity contribution >= 4 is 35.8 Å². The standard InChI is InChI=1S/C18H33N5O.HI/c1-19-18(20-16-7-6-8-16)23-13-11-21(12-14-23)15-17(24)22-9-4-2-3-5-10-22;/h16H,2-15H2,1H3,(H,19,20);1H. The lowest BCUT2D eigenvalue weighted by molar-refractivity contribution is -0.132. The van der Waals surface area contributed by atoms with Crippen molar-refractivity contribution in [2.75, 3.05) is 52.9 Å². The molecule has 7 heteroatoms. The number of carbonyl (C=O) groups is 1. The van der Waals surface area contributed by atoms with E-state index in [0.717, 1.165) is 45.2 Å². The lowest BCUT2D eigenvalue weighted by Crippen LogP contribution is -2.56. The molecule has 1 saturated carbocycles. The fraction of sp³-hybridized carbons (Fsp3) is 0.889. The monoisotopic (exact) mass is 463 g/mol. The average molecular weight is 463 g/mol. The van der Waals surface area contributed by atoms with Crippen molar-refractivity contribution in [1.29, 1.82) is 0 Å². The molecule has 0 aromatic rings. The van der Waals surface area contributed by atoms with Gasteiger partial charge in [-0.15, -0.1) is 24.0 Å². The topological polar surface area (TPSA) is 51.2 Å². The number of carbonyl (C=O) groups excluding carboxylic acids is 1. The first-order chi connectivity index (χ1) is 11.8. The summed E-state index contributed by atoms with van der Waals surface area (Å²) in [6, 6.07) is 0.617. The van der Waals surface area contributed by atoms with Crippen molar-refractivity contribution in [3.63, 3.8) is 0 Å². The molecule has 0 atom stereocenters. The number of hydrogen-bond donors (Lipinski definition) is 1. The predicted octanol–water partition coefficient (Wildman–Crippen LogP) is 1.75. The molecular weight excluding hydrogens is 429 g/mol. The Morgan fingerprint density at radius 3 is 2.08 bits per heavy atom. The first kappa shape index (κ1) is 20.7. The first-order valence-electron chi connectivity index (χ1n) is 9.74. The van der Waals surface area contributed by atoms with Gasteiger partial charge in [-0.2, -0.15) is 0 Å². The second-order valence-electron chi connectivity index (χ2n) is 7.38. The quantitative estimate of drug-likeness (QED) is 0.394. The van der Waals surface area contributed by atoms with E-state index in [0.29, 0.717) is 18.5 Å². The van der Waals surface area contributed by atoms with Gasteiger partial charge in [-0.25, -0.2) is 0 Å². The SMILES string of the molecule is CN=C(NC1CCC1)N1CCN(CC(=O)N2CCCCCC2)CC1.I. The number of hydrogen-bond acceptors (Lipinski definition) is 3. The molecule has 0 unspecified atom stereocenters. The molecular formula is C18H34IN5O. The molecule has 0 spiro atoms. The fourth-order valence-electron chi connectivity index (χ4n) is 3.76. The molecule has 3 fully saturated rings. The van der Waals surface area contributed by atoms with Gasteiger partial charge in [0.05, 0.1) is 6.54 Å². The average Bonchev–Trinajstić information content (AvgIpc) is 2.84. The minimum absolute atomic E-state index is 0. The third kappa shape index (κ3) is 5.98. The van der Waals surface area contributed by atoms with Crippen molar-refractivity contribution in [2.45, 2.75) is 51.0 Å². The zero-order valence-corrected chi connectivity index (χ0v) is 17.9. The van der Waals surface area contributed by atoms with Gasteiger partial charge in [0.2, 0.25) is 5.91 Å². The Hall–Kier alpha value is -0.570. The minimum Gasteiger partial charge on any atom is -0.354 e. The van der Waals surface area contributed by atoms with Crippen LogP contribution in [0.15, 0.2) is 4.99 Å². The molecule has 0 aromatic heterocycles. The van der Waals surface area contributed by atoms with Gasteiger partial charge in [0.25, 0.3) is 0 Å². The third-order valence-corrected chi connectivity index (χ3v) is 5.64. The van der Waals surface area contributed by atoms with Crippen LogP contribution in [0, 0.1) is 0 Å². The van der Waals surface area contributed by atoms with E-state index in [1.807, 2.05) is 7.05 Å². The summed E-state index contributed by atoms with van der Waals surface area (Å²) in [7, 11) is 1.87. The van der Waals surface area contributed by atoms with Crippen LogP contribution >= 0.6 is 24.0 Å². The largest absolute Gasteiger partial charge is 0.354 e. The summed E-state index contributed by atoms with van der Waals surface area (Å²) >= 11 is 0. The minimum atomic E-state index is 0. The number of rotatable bonds is 3. The number of aliphatic imine (C=N–C) groups is 1. The van der Waals surface area contributed by atoms with Gasteiger partial charge in [0.15, 0.2) is 5.96 Å². The molecule has 3 aliphatic rings. The first-order valence-corrected chi connectivity index (χ1v) is 9.74. The fourth-order valence-corrected chi connectivity index (χ4v) is 3.76. The molecule has 2 heterocycles. The number of likely N-dealkylation sites (tertiary alicyclic amines) is 1. The lowest BCUT2D eigenvalue weighted by atomic mass is 9.93. The van der Waals surface area contributed by atoms with E-state index in [9.17, 15) is 4.79 Å². The van der Waals surface area contributed by atoms with Crippen LogP contribution in [-0.4, -0.2) is 85.5 Å². The van der Waals surface area contributed by atoms with E-state index in [2.05, 4.69) is 25.0 Å². The zero-order chi connectivity index (χ0) is 16.8. The molecule has 0 radical (unpaired) electrons. The summed E-state index contributed by atoms with van der Waals surface area (Å²) in [4.78, 5) is 23.7. The molecule has 2 aliphatic heterocycles. The Labute approximate surface area is 169 Å². The Morgan fingerprint density at radius 2 is 1.56 bits per heavy atom. The highest BCUT2D eigenvalue weighted by atomic mass is 127. The molecule has 6 nitrogen and oxygen atoms in total. The highest BCUT2D eigenvalue weighted by Crippen LogP contribution is 2.18. The van der Waals surface area contributed by atoms with Gasteiger partial charge in [-0.1, -0.05) is 12.8 Å². The van der Waals surface area contributed by atoms with Gasteiger partial charge in [0, 0.05) is 52.4 Å². The maximum absolute atomic E-state index is 12.5. The molecule has 1 amide bonds. The Morgan fingerprint density at radius 1 is 0.920 bits per heavy atom. The van der Waals surface area contributed by atoms with Gasteiger partial charge < -0.3 is 15.1 Å². The van der Waals surface area contributed by atoms with Gasteiger partial charge >= 0.3 is 0 Å². The Balaban J connectivity index is 0.00000225. The van der Waals surface area contributed by atoms with E-state index in [1.54, 1.807) is 0 Å². The normalized spacial score (nSPS) is 23.5. The van der Waals surface area contributed by atoms with Gasteiger partial charge in [0.1, 0.15) is 0 Å². The Kier molecular flexibility index (Phi) is 8.75. The van der Waals surface area contributed by atoms with Crippen LogP contribution in [0.25, 0.3) is 0 Å². The van der Waals surface area contributed by atoms with Crippen LogP contribution in [0.5, 0.6) is 0 Å². The van der Waals surface area contributed by atoms with E-state index in [1.165, 1.54) is 44.9 Å². The number of piperazine rings is 1. The maximum atomic E-state index is 12.5. The number of nitrogens with one attached hydrogen (secondary N) is 1. The predicted molar refractivity (Wildman–Crippen MR) is 113 cm³/mol. The Bertz CT molecular complexity index is 439. The maximum Gasteiger partial charge on any atom is 0.236 e. The van der Waals surface area contributed by atoms with Crippen LogP contribution in [0.3, 0.4) is 0 Å². The van der Waals surface area contributed by atoms with E-state index in [4.69, 9.17) is 0 Å². The zero-order valence-electron chi connectivity index (χ0n) is 15.6. The van der Waals surface area contributed by atoms with E-state index < -0.39 is 0 Å². The second kappa shape index (κ2) is 10.5. The van der Waals surface area contributed by atoms with Gasteiger partial charge in [-0.05, 0) is 32.1 Å². The van der Waals surface area contributed by atoms with E-state index >= 15 is 0 Å². The van der Waals surface area contributed by atoms with Crippen LogP contribution in [0.1, 0.15) is 44.9 Å². The summed E-state index contributed by atoms with van der Waals surface area (Å²) in [5.74, 6) is 1.36. The number of amides is 1. The molecule has 0 aromatic carbocycles. The third-order valence-electron chi connectivity index (χ3n) is 5.64. The smallest absolute Gasteiger partial charge is 0.236 e. The molecule has 1 N–H and O–H groups in total. The van der Waals surface area contributed by atoms with Crippen LogP contribution < -0.4 is 5.32 Å². The van der Waals surface area contributed by atoms with Gasteiger partial charge in [-0.3, -0.25) is 14.7 Å². The summed E-state index contributed by atoms with van der Waals surface area (Å²) in [6.45, 7) is 6.31. The summed E-state index contributed by atoms with van der Waals surface area (Å²) in [5, 5.41) is 3.57. The molecule has 1 aliphatic carbocycles. The van der Waals surface area contributed by atoms with Crippen LogP contribution in [0.4, 0.5) is 0 Å². The number of nitrogens with zero attached hydrogens (tertiary/aromatic N) is 4. The van der Waals surface area contributed by atoms with Crippen LogP contribution in [0.2, 0.25) is 0 Å². The van der Waals surface area contributed by atoms with Crippen molar-refractivity contribution in [1.82, 2.24) is 20.0 Å². The molecule has 0 bridgehead atoms. The number of halogens is 1. The van der Waals surface area contributed by atoms with Crippen LogP contribution in [-0.2, 0) is 4.79 Å². The lowest BCUT2D eigenvalue weighted by Gasteiger charge is -2.39. The van der Waals surface area contributed by atoms with Crippen molar-refractivity contribution in [2.24, 2.45) is 4.99 Å². The molecule has 25 heavy (non-hydrogen) atoms. The molecule has 3 rings (SSSR count). The highest BCUT2D eigenvalue weighted by Gasteiger charge is 2.26. The number of guanidine groups is 1.